The molecule has 0 aliphatic carbocycles. The van der Waals surface area contributed by atoms with Crippen molar-refractivity contribution in [3.05, 3.63) is 33.8 Å². The fourth-order valence-electron chi connectivity index (χ4n) is 1.71. The van der Waals surface area contributed by atoms with Gasteiger partial charge in [0, 0.05) is 25.5 Å². The second kappa shape index (κ2) is 6.90. The minimum Gasteiger partial charge on any atom is -0.354 e. The number of hydrogen-bond acceptors (Lipinski definition) is 3. The second-order valence-electron chi connectivity index (χ2n) is 4.39. The molecule has 108 valence electrons. The standard InChI is InChI=1S/C12H15BrClN5O/c1-9-11(14)7-19(17-9)8-12(20)15-3-2-4-18-6-10(13)5-16-18/h5-7H,2-4,8H2,1H3,(H,15,20). The molecule has 2 rings (SSSR count). The average Bonchev–Trinajstić information content (AvgIpc) is 2.92. The molecule has 0 atom stereocenters. The maximum Gasteiger partial charge on any atom is 0.241 e. The topological polar surface area (TPSA) is 64.7 Å². The second-order valence-corrected chi connectivity index (χ2v) is 5.71. The summed E-state index contributed by atoms with van der Waals surface area (Å²) in [7, 11) is 0. The SMILES string of the molecule is Cc1nn(CC(=O)NCCCn2cc(Br)cn2)cc1Cl. The lowest BCUT2D eigenvalue weighted by Crippen LogP contribution is -2.29. The Balaban J connectivity index is 1.67. The molecule has 0 unspecified atom stereocenters. The first-order valence-corrected chi connectivity index (χ1v) is 7.36. The maximum atomic E-state index is 11.7. The summed E-state index contributed by atoms with van der Waals surface area (Å²) in [6.07, 6.45) is 6.11. The summed E-state index contributed by atoms with van der Waals surface area (Å²) >= 11 is 9.22. The molecule has 0 aliphatic rings. The van der Waals surface area contributed by atoms with Gasteiger partial charge in [-0.25, -0.2) is 0 Å². The number of nitrogens with zero attached hydrogens (tertiary/aromatic N) is 4. The molecule has 2 heterocycles. The van der Waals surface area contributed by atoms with Crippen molar-refractivity contribution in [2.75, 3.05) is 6.54 Å². The van der Waals surface area contributed by atoms with Crippen molar-refractivity contribution in [1.29, 1.82) is 0 Å². The van der Waals surface area contributed by atoms with E-state index in [0.29, 0.717) is 11.6 Å². The van der Waals surface area contributed by atoms with Crippen LogP contribution in [0, 0.1) is 6.92 Å². The van der Waals surface area contributed by atoms with Crippen LogP contribution in [0.1, 0.15) is 12.1 Å². The minimum atomic E-state index is -0.0780. The van der Waals surface area contributed by atoms with E-state index in [1.165, 1.54) is 4.68 Å². The predicted octanol–water partition coefficient (Wildman–Crippen LogP) is 2.01. The zero-order valence-corrected chi connectivity index (χ0v) is 13.4. The van der Waals surface area contributed by atoms with Crippen molar-refractivity contribution in [3.8, 4) is 0 Å². The number of amides is 1. The lowest BCUT2D eigenvalue weighted by Gasteiger charge is -2.05. The van der Waals surface area contributed by atoms with Gasteiger partial charge in [-0.05, 0) is 29.3 Å². The Morgan fingerprint density at radius 2 is 2.25 bits per heavy atom. The van der Waals surface area contributed by atoms with Crippen molar-refractivity contribution in [2.24, 2.45) is 0 Å². The first kappa shape index (κ1) is 15.1. The van der Waals surface area contributed by atoms with Gasteiger partial charge in [0.2, 0.25) is 5.91 Å². The Hall–Kier alpha value is -1.34. The summed E-state index contributed by atoms with van der Waals surface area (Å²) in [4.78, 5) is 11.7. The van der Waals surface area contributed by atoms with Gasteiger partial charge in [0.15, 0.2) is 0 Å². The van der Waals surface area contributed by atoms with Crippen molar-refractivity contribution in [3.63, 3.8) is 0 Å². The number of aryl methyl sites for hydroxylation is 2. The summed E-state index contributed by atoms with van der Waals surface area (Å²) in [6, 6.07) is 0. The molecule has 0 spiro atoms. The molecular weight excluding hydrogens is 346 g/mol. The van der Waals surface area contributed by atoms with Crippen molar-refractivity contribution >= 4 is 33.4 Å². The fraction of sp³-hybridized carbons (Fsp3) is 0.417. The predicted molar refractivity (Wildman–Crippen MR) is 79.5 cm³/mol. The molecule has 0 aromatic carbocycles. The molecule has 0 aliphatic heterocycles. The van der Waals surface area contributed by atoms with Crippen molar-refractivity contribution < 1.29 is 4.79 Å². The van der Waals surface area contributed by atoms with Gasteiger partial charge < -0.3 is 5.32 Å². The summed E-state index contributed by atoms with van der Waals surface area (Å²) < 4.78 is 4.32. The van der Waals surface area contributed by atoms with E-state index < -0.39 is 0 Å². The number of hydrogen-bond donors (Lipinski definition) is 1. The zero-order valence-electron chi connectivity index (χ0n) is 11.0. The van der Waals surface area contributed by atoms with E-state index in [0.717, 1.165) is 23.1 Å². The Kier molecular flexibility index (Phi) is 5.19. The summed E-state index contributed by atoms with van der Waals surface area (Å²) in [5.74, 6) is -0.0780. The van der Waals surface area contributed by atoms with Crippen LogP contribution in [-0.2, 0) is 17.9 Å². The van der Waals surface area contributed by atoms with E-state index in [1.54, 1.807) is 19.3 Å². The molecular formula is C12H15BrClN5O. The lowest BCUT2D eigenvalue weighted by atomic mass is 10.4. The lowest BCUT2D eigenvalue weighted by molar-refractivity contribution is -0.121. The van der Waals surface area contributed by atoms with Crippen molar-refractivity contribution in [1.82, 2.24) is 24.9 Å². The van der Waals surface area contributed by atoms with Crippen LogP contribution in [0.15, 0.2) is 23.1 Å². The molecule has 6 nitrogen and oxygen atoms in total. The quantitative estimate of drug-likeness (QED) is 0.802. The highest BCUT2D eigenvalue weighted by atomic mass is 79.9. The van der Waals surface area contributed by atoms with Gasteiger partial charge in [-0.3, -0.25) is 14.2 Å². The van der Waals surface area contributed by atoms with Gasteiger partial charge in [-0.15, -0.1) is 0 Å². The monoisotopic (exact) mass is 359 g/mol. The number of carbonyl (C=O) groups is 1. The molecule has 8 heteroatoms. The van der Waals surface area contributed by atoms with E-state index in [1.807, 2.05) is 10.9 Å². The van der Waals surface area contributed by atoms with E-state index in [2.05, 4.69) is 31.4 Å². The first-order valence-electron chi connectivity index (χ1n) is 6.19. The summed E-state index contributed by atoms with van der Waals surface area (Å²) in [5, 5.41) is 11.7. The van der Waals surface area contributed by atoms with E-state index in [-0.39, 0.29) is 12.5 Å². The summed E-state index contributed by atoms with van der Waals surface area (Å²) in [5.41, 5.74) is 0.726. The zero-order chi connectivity index (χ0) is 14.5. The van der Waals surface area contributed by atoms with Gasteiger partial charge in [-0.1, -0.05) is 11.6 Å². The van der Waals surface area contributed by atoms with Crippen LogP contribution in [0.4, 0.5) is 0 Å². The summed E-state index contributed by atoms with van der Waals surface area (Å²) in [6.45, 7) is 3.35. The van der Waals surface area contributed by atoms with Gasteiger partial charge in [-0.2, -0.15) is 10.2 Å². The molecule has 2 aromatic rings. The third kappa shape index (κ3) is 4.35. The average molecular weight is 361 g/mol. The third-order valence-electron chi connectivity index (χ3n) is 2.68. The largest absolute Gasteiger partial charge is 0.354 e. The van der Waals surface area contributed by atoms with E-state index in [4.69, 9.17) is 11.6 Å². The van der Waals surface area contributed by atoms with Gasteiger partial charge in [0.1, 0.15) is 6.54 Å². The molecule has 20 heavy (non-hydrogen) atoms. The minimum absolute atomic E-state index is 0.0780. The smallest absolute Gasteiger partial charge is 0.241 e. The van der Waals surface area contributed by atoms with Crippen LogP contribution in [-0.4, -0.2) is 32.0 Å². The number of nitrogens with one attached hydrogen (secondary N) is 1. The van der Waals surface area contributed by atoms with Crippen LogP contribution in [0.3, 0.4) is 0 Å². The van der Waals surface area contributed by atoms with Crippen LogP contribution in [0.25, 0.3) is 0 Å². The fourth-order valence-corrected chi connectivity index (χ4v) is 2.19. The van der Waals surface area contributed by atoms with E-state index in [9.17, 15) is 4.79 Å². The molecule has 0 saturated heterocycles. The molecule has 0 radical (unpaired) electrons. The highest BCUT2D eigenvalue weighted by Crippen LogP contribution is 2.11. The van der Waals surface area contributed by atoms with Crippen molar-refractivity contribution in [2.45, 2.75) is 26.4 Å². The number of aromatic nitrogens is 4. The number of halogens is 2. The van der Waals surface area contributed by atoms with Gasteiger partial charge in [0.25, 0.3) is 0 Å². The Morgan fingerprint density at radius 3 is 2.85 bits per heavy atom. The van der Waals surface area contributed by atoms with Gasteiger partial charge >= 0.3 is 0 Å². The Bertz CT molecular complexity index is 575. The Morgan fingerprint density at radius 1 is 1.45 bits per heavy atom. The molecule has 0 saturated carbocycles. The van der Waals surface area contributed by atoms with E-state index >= 15 is 0 Å². The molecule has 2 aromatic heterocycles. The number of rotatable bonds is 6. The molecule has 0 bridgehead atoms. The third-order valence-corrected chi connectivity index (χ3v) is 3.46. The highest BCUT2D eigenvalue weighted by molar-refractivity contribution is 9.10. The maximum absolute atomic E-state index is 11.7. The Labute approximate surface area is 130 Å². The molecule has 1 amide bonds. The first-order chi connectivity index (χ1) is 9.54. The molecule has 1 N–H and O–H groups in total. The van der Waals surface area contributed by atoms with Crippen LogP contribution in [0.2, 0.25) is 5.02 Å². The number of carbonyl (C=O) groups excluding carboxylic acids is 1. The van der Waals surface area contributed by atoms with Gasteiger partial charge in [0.05, 0.1) is 21.4 Å². The van der Waals surface area contributed by atoms with Crippen LogP contribution >= 0.6 is 27.5 Å². The highest BCUT2D eigenvalue weighted by Gasteiger charge is 2.06. The normalized spacial score (nSPS) is 10.8. The van der Waals surface area contributed by atoms with Crippen LogP contribution in [0.5, 0.6) is 0 Å². The molecule has 0 fully saturated rings. The van der Waals surface area contributed by atoms with Crippen LogP contribution < -0.4 is 5.32 Å².